The molecule has 7 nitrogen and oxygen atoms in total. The van der Waals surface area contributed by atoms with E-state index in [1.165, 1.54) is 0 Å². The van der Waals surface area contributed by atoms with Crippen molar-refractivity contribution in [2.45, 2.75) is 24.5 Å². The van der Waals surface area contributed by atoms with Crippen LogP contribution in [0.15, 0.2) is 35.2 Å². The van der Waals surface area contributed by atoms with Crippen LogP contribution < -0.4 is 5.32 Å². The molecule has 1 aliphatic rings. The fraction of sp³-hybridized carbons (Fsp3) is 0.389. The second-order valence-corrected chi connectivity index (χ2v) is 7.24. The molecule has 26 heavy (non-hydrogen) atoms. The van der Waals surface area contributed by atoms with Gasteiger partial charge in [-0.1, -0.05) is 0 Å². The number of nitrogens with one attached hydrogen (secondary N) is 1. The van der Waals surface area contributed by atoms with Crippen molar-refractivity contribution in [3.63, 3.8) is 0 Å². The number of carbonyl (C=O) groups is 2. The van der Waals surface area contributed by atoms with Crippen LogP contribution in [0.3, 0.4) is 0 Å². The third-order valence-electron chi connectivity index (χ3n) is 4.28. The zero-order valence-electron chi connectivity index (χ0n) is 15.2. The Bertz CT molecular complexity index is 800. The molecule has 0 saturated heterocycles. The third kappa shape index (κ3) is 4.01. The Kier molecular flexibility index (Phi) is 5.51. The Morgan fingerprint density at radius 1 is 1.23 bits per heavy atom. The predicted molar refractivity (Wildman–Crippen MR) is 101 cm³/mol. The monoisotopic (exact) mass is 373 g/mol. The first-order chi connectivity index (χ1) is 12.5. The minimum absolute atomic E-state index is 0.000919. The Balaban J connectivity index is 1.60. The quantitative estimate of drug-likeness (QED) is 0.833. The molecule has 1 N–H and O–H groups in total. The smallest absolute Gasteiger partial charge is 0.319 e. The van der Waals surface area contributed by atoms with Gasteiger partial charge in [-0.25, -0.2) is 4.79 Å². The van der Waals surface area contributed by atoms with Crippen LogP contribution in [-0.4, -0.2) is 58.4 Å². The lowest BCUT2D eigenvalue weighted by Gasteiger charge is -2.29. The van der Waals surface area contributed by atoms with E-state index in [-0.39, 0.29) is 11.9 Å². The number of urea groups is 1. The maximum absolute atomic E-state index is 12.3. The van der Waals surface area contributed by atoms with E-state index in [4.69, 9.17) is 0 Å². The molecule has 1 aromatic heterocycles. The van der Waals surface area contributed by atoms with E-state index in [1.54, 1.807) is 35.7 Å². The molecule has 0 radical (unpaired) electrons. The number of nitrogens with zero attached hydrogens (tertiary/aromatic N) is 4. The van der Waals surface area contributed by atoms with E-state index in [0.717, 1.165) is 16.3 Å². The molecular weight excluding hydrogens is 350 g/mol. The molecule has 0 spiro atoms. The fourth-order valence-electron chi connectivity index (χ4n) is 2.87. The summed E-state index contributed by atoms with van der Waals surface area (Å²) in [5, 5.41) is 7.43. The number of benzene rings is 1. The zero-order chi connectivity index (χ0) is 18.7. The molecule has 0 saturated carbocycles. The van der Waals surface area contributed by atoms with Crippen LogP contribution in [-0.2, 0) is 19.6 Å². The number of rotatable bonds is 4. The molecule has 138 valence electrons. The summed E-state index contributed by atoms with van der Waals surface area (Å²) in [6.45, 7) is 2.21. The normalized spacial score (nSPS) is 13.3. The summed E-state index contributed by atoms with van der Waals surface area (Å²) in [6, 6.07) is 9.47. The first-order valence-corrected chi connectivity index (χ1v) is 9.64. The van der Waals surface area contributed by atoms with Crippen molar-refractivity contribution in [1.82, 2.24) is 24.9 Å². The van der Waals surface area contributed by atoms with Gasteiger partial charge in [0.1, 0.15) is 0 Å². The van der Waals surface area contributed by atoms with Crippen molar-refractivity contribution in [1.29, 1.82) is 0 Å². The number of thioether (sulfide) groups is 1. The maximum Gasteiger partial charge on any atom is 0.319 e. The van der Waals surface area contributed by atoms with Gasteiger partial charge in [-0.2, -0.15) is 5.10 Å². The number of carbonyl (C=O) groups excluding carboxylic acids is 2. The van der Waals surface area contributed by atoms with Gasteiger partial charge in [0.2, 0.25) is 0 Å². The average molecular weight is 373 g/mol. The molecule has 2 heterocycles. The summed E-state index contributed by atoms with van der Waals surface area (Å²) in [7, 11) is 3.50. The van der Waals surface area contributed by atoms with E-state index in [2.05, 4.69) is 10.4 Å². The number of amides is 3. The van der Waals surface area contributed by atoms with Gasteiger partial charge in [0, 0.05) is 31.1 Å². The second kappa shape index (κ2) is 7.82. The number of hydrogen-bond acceptors (Lipinski definition) is 4. The molecule has 0 aliphatic carbocycles. The highest BCUT2D eigenvalue weighted by molar-refractivity contribution is 7.98. The number of hydrogen-bond donors (Lipinski definition) is 1. The van der Waals surface area contributed by atoms with Crippen LogP contribution in [0, 0.1) is 0 Å². The van der Waals surface area contributed by atoms with Gasteiger partial charge < -0.3 is 15.1 Å². The molecule has 0 atom stereocenters. The van der Waals surface area contributed by atoms with Gasteiger partial charge >= 0.3 is 6.03 Å². The van der Waals surface area contributed by atoms with Crippen molar-refractivity contribution >= 4 is 23.7 Å². The minimum Gasteiger partial charge on any atom is -0.346 e. The van der Waals surface area contributed by atoms with E-state index >= 15 is 0 Å². The fourth-order valence-corrected chi connectivity index (χ4v) is 3.28. The minimum atomic E-state index is -0.118. The maximum atomic E-state index is 12.3. The highest BCUT2D eigenvalue weighted by atomic mass is 32.2. The topological polar surface area (TPSA) is 70.5 Å². The molecule has 1 aromatic carbocycles. The summed E-state index contributed by atoms with van der Waals surface area (Å²) >= 11 is 1.64. The highest BCUT2D eigenvalue weighted by Gasteiger charge is 2.23. The Morgan fingerprint density at radius 3 is 2.62 bits per heavy atom. The molecule has 8 heteroatoms. The Labute approximate surface area is 157 Å². The first kappa shape index (κ1) is 18.3. The SMILES string of the molecule is CSc1ccc(C(=O)NCc2cc3n(n2)CCN(C(=O)N(C)C)C3)cc1. The van der Waals surface area contributed by atoms with Crippen molar-refractivity contribution in [3.05, 3.63) is 47.3 Å². The predicted octanol–water partition coefficient (Wildman–Crippen LogP) is 2.03. The van der Waals surface area contributed by atoms with E-state index in [0.29, 0.717) is 31.7 Å². The van der Waals surface area contributed by atoms with Crippen molar-refractivity contribution < 1.29 is 9.59 Å². The molecular formula is C18H23N5O2S. The van der Waals surface area contributed by atoms with Crippen LogP contribution in [0.4, 0.5) is 4.79 Å². The zero-order valence-corrected chi connectivity index (χ0v) is 16.0. The van der Waals surface area contributed by atoms with Crippen LogP contribution >= 0.6 is 11.8 Å². The van der Waals surface area contributed by atoms with Crippen molar-refractivity contribution in [3.8, 4) is 0 Å². The molecule has 0 bridgehead atoms. The summed E-state index contributed by atoms with van der Waals surface area (Å²) in [5.74, 6) is -0.118. The molecule has 0 fully saturated rings. The third-order valence-corrected chi connectivity index (χ3v) is 5.03. The number of fused-ring (bicyclic) bond motifs is 1. The van der Waals surface area contributed by atoms with Crippen LogP contribution in [0.5, 0.6) is 0 Å². The molecule has 3 amide bonds. The van der Waals surface area contributed by atoms with Gasteiger partial charge in [0.15, 0.2) is 0 Å². The van der Waals surface area contributed by atoms with Gasteiger partial charge in [0.25, 0.3) is 5.91 Å². The average Bonchev–Trinajstić information content (AvgIpc) is 3.07. The highest BCUT2D eigenvalue weighted by Crippen LogP contribution is 2.16. The van der Waals surface area contributed by atoms with Gasteiger partial charge in [-0.15, -0.1) is 11.8 Å². The second-order valence-electron chi connectivity index (χ2n) is 6.36. The van der Waals surface area contributed by atoms with E-state index in [1.807, 2.05) is 41.3 Å². The lowest BCUT2D eigenvalue weighted by molar-refractivity contribution is 0.0950. The van der Waals surface area contributed by atoms with Crippen molar-refractivity contribution in [2.75, 3.05) is 26.9 Å². The lowest BCUT2D eigenvalue weighted by atomic mass is 10.2. The molecule has 3 rings (SSSR count). The van der Waals surface area contributed by atoms with Crippen LogP contribution in [0.2, 0.25) is 0 Å². The summed E-state index contributed by atoms with van der Waals surface area (Å²) in [5.41, 5.74) is 2.42. The van der Waals surface area contributed by atoms with Crippen LogP contribution in [0.25, 0.3) is 0 Å². The summed E-state index contributed by atoms with van der Waals surface area (Å²) in [6.07, 6.45) is 2.00. The van der Waals surface area contributed by atoms with E-state index in [9.17, 15) is 9.59 Å². The van der Waals surface area contributed by atoms with Gasteiger partial charge in [-0.05, 0) is 36.6 Å². The molecule has 0 unspecified atom stereocenters. The number of aromatic nitrogens is 2. The van der Waals surface area contributed by atoms with Crippen LogP contribution in [0.1, 0.15) is 21.7 Å². The summed E-state index contributed by atoms with van der Waals surface area (Å²) in [4.78, 5) is 28.9. The van der Waals surface area contributed by atoms with Gasteiger partial charge in [-0.3, -0.25) is 9.48 Å². The Morgan fingerprint density at radius 2 is 1.96 bits per heavy atom. The van der Waals surface area contributed by atoms with Crippen molar-refractivity contribution in [2.24, 2.45) is 0 Å². The van der Waals surface area contributed by atoms with E-state index < -0.39 is 0 Å². The largest absolute Gasteiger partial charge is 0.346 e. The van der Waals surface area contributed by atoms with Gasteiger partial charge in [0.05, 0.1) is 31.0 Å². The lowest BCUT2D eigenvalue weighted by Crippen LogP contribution is -2.43. The molecule has 1 aliphatic heterocycles. The first-order valence-electron chi connectivity index (χ1n) is 8.42. The standard InChI is InChI=1S/C18H23N5O2S/c1-21(2)18(25)22-8-9-23-15(12-22)10-14(20-23)11-19-17(24)13-4-6-16(26-3)7-5-13/h4-7,10H,8-9,11-12H2,1-3H3,(H,19,24). The Hall–Kier alpha value is -2.48. The molecule has 2 aromatic rings. The summed E-state index contributed by atoms with van der Waals surface area (Å²) < 4.78 is 1.91.